The lowest BCUT2D eigenvalue weighted by Gasteiger charge is -2.19. The first-order chi connectivity index (χ1) is 13.2. The van der Waals surface area contributed by atoms with E-state index in [0.29, 0.717) is 17.7 Å². The van der Waals surface area contributed by atoms with Gasteiger partial charge in [-0.25, -0.2) is 9.80 Å². The van der Waals surface area contributed by atoms with E-state index < -0.39 is 18.5 Å². The molecule has 0 bridgehead atoms. The van der Waals surface area contributed by atoms with E-state index in [4.69, 9.17) is 9.15 Å². The Morgan fingerprint density at radius 1 is 1.22 bits per heavy atom. The van der Waals surface area contributed by atoms with Crippen molar-refractivity contribution in [2.45, 2.75) is 12.5 Å². The number of amides is 1. The average Bonchev–Trinajstić information content (AvgIpc) is 3.46. The van der Waals surface area contributed by atoms with Gasteiger partial charge in [0, 0.05) is 18.8 Å². The minimum Gasteiger partial charge on any atom is -0.467 e. The van der Waals surface area contributed by atoms with Crippen LogP contribution in [-0.4, -0.2) is 34.2 Å². The summed E-state index contributed by atoms with van der Waals surface area (Å²) in [5, 5.41) is 7.77. The van der Waals surface area contributed by atoms with Crippen molar-refractivity contribution >= 4 is 28.9 Å². The van der Waals surface area contributed by atoms with E-state index in [-0.39, 0.29) is 6.04 Å². The fraction of sp³-hybridized carbons (Fsp3) is 0.158. The highest BCUT2D eigenvalue weighted by molar-refractivity contribution is 7.12. The molecule has 4 rings (SSSR count). The molecule has 1 amide bonds. The van der Waals surface area contributed by atoms with Crippen molar-refractivity contribution in [3.63, 3.8) is 0 Å². The van der Waals surface area contributed by atoms with Gasteiger partial charge in [-0.3, -0.25) is 9.78 Å². The van der Waals surface area contributed by atoms with Crippen molar-refractivity contribution in [2.24, 2.45) is 5.10 Å². The molecule has 0 aromatic carbocycles. The zero-order valence-corrected chi connectivity index (χ0v) is 15.0. The number of furan rings is 1. The van der Waals surface area contributed by atoms with Crippen molar-refractivity contribution in [3.05, 3.63) is 76.6 Å². The predicted octanol–water partition coefficient (Wildman–Crippen LogP) is 3.27. The molecule has 0 saturated heterocycles. The molecule has 27 heavy (non-hydrogen) atoms. The minimum absolute atomic E-state index is 0.338. The molecule has 1 aliphatic heterocycles. The molecule has 0 fully saturated rings. The molecule has 136 valence electrons. The van der Waals surface area contributed by atoms with Crippen LogP contribution in [0.2, 0.25) is 0 Å². The lowest BCUT2D eigenvalue weighted by molar-refractivity contribution is -0.136. The summed E-state index contributed by atoms with van der Waals surface area (Å²) >= 11 is 1.56. The standard InChI is InChI=1S/C19H15N3O4S/c23-18(12-26-19(24)13-5-7-20-8-6-13)22-15(16-3-1-9-25-16)11-14(21-22)17-4-2-10-27-17/h1-10,15H,11-12H2. The number of pyridine rings is 1. The van der Waals surface area contributed by atoms with Crippen molar-refractivity contribution in [1.82, 2.24) is 9.99 Å². The SMILES string of the molecule is O=C(OCC(=O)N1N=C(c2cccs2)CC1c1ccco1)c1ccncc1. The number of carbonyl (C=O) groups is 2. The third-order valence-electron chi connectivity index (χ3n) is 4.09. The number of hydrogen-bond acceptors (Lipinski definition) is 7. The lowest BCUT2D eigenvalue weighted by Crippen LogP contribution is -2.31. The normalized spacial score (nSPS) is 16.2. The average molecular weight is 381 g/mol. The topological polar surface area (TPSA) is 85.0 Å². The van der Waals surface area contributed by atoms with Crippen LogP contribution in [0.4, 0.5) is 0 Å². The second-order valence-electron chi connectivity index (χ2n) is 5.81. The van der Waals surface area contributed by atoms with Crippen molar-refractivity contribution < 1.29 is 18.7 Å². The molecule has 8 heteroatoms. The number of nitrogens with zero attached hydrogens (tertiary/aromatic N) is 3. The number of thiophene rings is 1. The van der Waals surface area contributed by atoms with Crippen LogP contribution in [0.3, 0.4) is 0 Å². The van der Waals surface area contributed by atoms with Crippen LogP contribution in [0, 0.1) is 0 Å². The zero-order valence-electron chi connectivity index (χ0n) is 14.1. The van der Waals surface area contributed by atoms with E-state index in [1.807, 2.05) is 17.5 Å². The molecule has 1 atom stereocenters. The largest absolute Gasteiger partial charge is 0.467 e. The summed E-state index contributed by atoms with van der Waals surface area (Å²) in [5.41, 5.74) is 1.14. The van der Waals surface area contributed by atoms with Gasteiger partial charge in [0.05, 0.1) is 22.4 Å². The van der Waals surface area contributed by atoms with Crippen molar-refractivity contribution in [1.29, 1.82) is 0 Å². The van der Waals surface area contributed by atoms with Crippen LogP contribution in [0.5, 0.6) is 0 Å². The van der Waals surface area contributed by atoms with E-state index >= 15 is 0 Å². The summed E-state index contributed by atoms with van der Waals surface area (Å²) in [6.45, 7) is -0.403. The molecule has 3 aromatic heterocycles. The predicted molar refractivity (Wildman–Crippen MR) is 98.3 cm³/mol. The van der Waals surface area contributed by atoms with Gasteiger partial charge in [-0.2, -0.15) is 5.10 Å². The number of carbonyl (C=O) groups excluding carboxylic acids is 2. The van der Waals surface area contributed by atoms with Gasteiger partial charge in [-0.15, -0.1) is 11.3 Å². The second-order valence-corrected chi connectivity index (χ2v) is 6.76. The van der Waals surface area contributed by atoms with Gasteiger partial charge < -0.3 is 9.15 Å². The maximum absolute atomic E-state index is 12.7. The van der Waals surface area contributed by atoms with Crippen LogP contribution in [0.15, 0.2) is 70.0 Å². The molecular weight excluding hydrogens is 366 g/mol. The first-order valence-corrected chi connectivity index (χ1v) is 9.14. The van der Waals surface area contributed by atoms with Crippen LogP contribution in [0.1, 0.15) is 33.5 Å². The molecule has 0 aliphatic carbocycles. The van der Waals surface area contributed by atoms with Gasteiger partial charge in [0.15, 0.2) is 6.61 Å². The number of rotatable bonds is 5. The fourth-order valence-electron chi connectivity index (χ4n) is 2.80. The summed E-state index contributed by atoms with van der Waals surface area (Å²) in [7, 11) is 0. The molecule has 0 N–H and O–H groups in total. The molecular formula is C19H15N3O4S. The van der Waals surface area contributed by atoms with Gasteiger partial charge in [-0.1, -0.05) is 6.07 Å². The smallest absolute Gasteiger partial charge is 0.338 e. The third kappa shape index (κ3) is 3.65. The maximum atomic E-state index is 12.7. The van der Waals surface area contributed by atoms with Crippen molar-refractivity contribution in [2.75, 3.05) is 6.61 Å². The fourth-order valence-corrected chi connectivity index (χ4v) is 3.52. The Morgan fingerprint density at radius 2 is 2.07 bits per heavy atom. The maximum Gasteiger partial charge on any atom is 0.338 e. The van der Waals surface area contributed by atoms with Crippen molar-refractivity contribution in [3.8, 4) is 0 Å². The third-order valence-corrected chi connectivity index (χ3v) is 5.00. The highest BCUT2D eigenvalue weighted by Gasteiger charge is 2.35. The first-order valence-electron chi connectivity index (χ1n) is 8.26. The Morgan fingerprint density at radius 3 is 2.78 bits per heavy atom. The number of esters is 1. The summed E-state index contributed by atoms with van der Waals surface area (Å²) in [6.07, 6.45) is 5.08. The van der Waals surface area contributed by atoms with E-state index in [0.717, 1.165) is 10.6 Å². The number of hydrazone groups is 1. The molecule has 4 heterocycles. The minimum atomic E-state index is -0.582. The second kappa shape index (κ2) is 7.55. The highest BCUT2D eigenvalue weighted by Crippen LogP contribution is 2.34. The molecule has 0 spiro atoms. The van der Waals surface area contributed by atoms with Crippen LogP contribution in [-0.2, 0) is 9.53 Å². The Balaban J connectivity index is 1.50. The molecule has 1 aliphatic rings. The number of hydrogen-bond donors (Lipinski definition) is 0. The van der Waals surface area contributed by atoms with E-state index in [2.05, 4.69) is 10.1 Å². The Kier molecular flexibility index (Phi) is 4.80. The Labute approximate surface area is 158 Å². The van der Waals surface area contributed by atoms with Gasteiger partial charge >= 0.3 is 5.97 Å². The van der Waals surface area contributed by atoms with E-state index in [1.165, 1.54) is 29.5 Å². The number of ether oxygens (including phenoxy) is 1. The molecule has 7 nitrogen and oxygen atoms in total. The van der Waals surface area contributed by atoms with Gasteiger partial charge in [-0.05, 0) is 35.7 Å². The zero-order chi connectivity index (χ0) is 18.6. The van der Waals surface area contributed by atoms with E-state index in [1.54, 1.807) is 29.7 Å². The Hall–Kier alpha value is -3.26. The molecule has 1 unspecified atom stereocenters. The van der Waals surface area contributed by atoms with Gasteiger partial charge in [0.1, 0.15) is 11.8 Å². The van der Waals surface area contributed by atoms with Gasteiger partial charge in [0.25, 0.3) is 5.91 Å². The monoisotopic (exact) mass is 381 g/mol. The van der Waals surface area contributed by atoms with Crippen LogP contribution < -0.4 is 0 Å². The summed E-state index contributed by atoms with van der Waals surface area (Å²) < 4.78 is 10.6. The van der Waals surface area contributed by atoms with Gasteiger partial charge in [0.2, 0.25) is 0 Å². The lowest BCUT2D eigenvalue weighted by atomic mass is 10.1. The summed E-state index contributed by atoms with van der Waals surface area (Å²) in [6, 6.07) is 10.2. The number of aromatic nitrogens is 1. The first kappa shape index (κ1) is 17.2. The molecule has 0 saturated carbocycles. The molecule has 3 aromatic rings. The summed E-state index contributed by atoms with van der Waals surface area (Å²) in [5.74, 6) is -0.355. The van der Waals surface area contributed by atoms with E-state index in [9.17, 15) is 9.59 Å². The molecule has 0 radical (unpaired) electrons. The Bertz CT molecular complexity index is 952. The quantitative estimate of drug-likeness (QED) is 0.633. The highest BCUT2D eigenvalue weighted by atomic mass is 32.1. The van der Waals surface area contributed by atoms with Crippen LogP contribution in [0.25, 0.3) is 0 Å². The van der Waals surface area contributed by atoms with Crippen LogP contribution >= 0.6 is 11.3 Å². The summed E-state index contributed by atoms with van der Waals surface area (Å²) in [4.78, 5) is 29.6.